The highest BCUT2D eigenvalue weighted by molar-refractivity contribution is 14.0. The number of benzene rings is 1. The van der Waals surface area contributed by atoms with E-state index in [0.717, 1.165) is 24.3 Å². The fraction of sp³-hybridized carbons (Fsp3) is 0.524. The molecule has 1 aromatic carbocycles. The molecule has 1 aromatic heterocycles. The summed E-state index contributed by atoms with van der Waals surface area (Å²) in [5.74, 6) is 1.34. The Morgan fingerprint density at radius 1 is 1.20 bits per heavy atom. The lowest BCUT2D eigenvalue weighted by Crippen LogP contribution is -2.52. The number of rotatable bonds is 4. The summed E-state index contributed by atoms with van der Waals surface area (Å²) in [5, 5.41) is 3.29. The number of piperazine rings is 1. The molecule has 0 spiro atoms. The third-order valence-electron chi connectivity index (χ3n) is 4.82. The number of hydrogen-bond acceptors (Lipinski definition) is 4. The number of nitrogens with zero attached hydrogens (tertiary/aromatic N) is 4. The molecule has 3 rings (SSSR count). The van der Waals surface area contributed by atoms with E-state index in [1.807, 2.05) is 11.8 Å². The first-order chi connectivity index (χ1) is 13.8. The van der Waals surface area contributed by atoms with E-state index in [0.29, 0.717) is 44.3 Å². The van der Waals surface area contributed by atoms with Crippen LogP contribution in [0, 0.1) is 11.6 Å². The maximum atomic E-state index is 14.0. The number of aliphatic imine (C=N–C) groups is 1. The molecule has 2 heterocycles. The third-order valence-corrected chi connectivity index (χ3v) is 4.82. The van der Waals surface area contributed by atoms with Crippen LogP contribution in [0.15, 0.2) is 33.8 Å². The average Bonchev–Trinajstić information content (AvgIpc) is 3.17. The van der Waals surface area contributed by atoms with E-state index in [1.165, 1.54) is 12.1 Å². The summed E-state index contributed by atoms with van der Waals surface area (Å²) in [5.41, 5.74) is 0.211. The molecule has 2 aromatic rings. The number of aromatic nitrogens is 1. The molecule has 0 radical (unpaired) electrons. The van der Waals surface area contributed by atoms with E-state index in [2.05, 4.69) is 41.0 Å². The second-order valence-corrected chi connectivity index (χ2v) is 8.11. The molecule has 1 saturated heterocycles. The summed E-state index contributed by atoms with van der Waals surface area (Å²) >= 11 is 0. The highest BCUT2D eigenvalue weighted by Gasteiger charge is 2.23. The zero-order valence-corrected chi connectivity index (χ0v) is 20.2. The molecule has 0 amide bonds. The van der Waals surface area contributed by atoms with Crippen molar-refractivity contribution in [1.29, 1.82) is 0 Å². The quantitative estimate of drug-likeness (QED) is 0.364. The van der Waals surface area contributed by atoms with Crippen molar-refractivity contribution in [3.8, 4) is 0 Å². The average molecular weight is 533 g/mol. The molecular formula is C21H30F2IN5O. The van der Waals surface area contributed by atoms with Gasteiger partial charge in [-0.1, -0.05) is 20.8 Å². The Balaban J connectivity index is 0.00000320. The summed E-state index contributed by atoms with van der Waals surface area (Å²) in [4.78, 5) is 13.0. The molecule has 1 aliphatic heterocycles. The summed E-state index contributed by atoms with van der Waals surface area (Å²) in [7, 11) is 0. The predicted molar refractivity (Wildman–Crippen MR) is 126 cm³/mol. The second kappa shape index (κ2) is 10.4. The van der Waals surface area contributed by atoms with Gasteiger partial charge in [0.05, 0.1) is 11.9 Å². The van der Waals surface area contributed by atoms with Crippen molar-refractivity contribution < 1.29 is 13.2 Å². The fourth-order valence-corrected chi connectivity index (χ4v) is 3.19. The van der Waals surface area contributed by atoms with Gasteiger partial charge in [0.1, 0.15) is 23.9 Å². The van der Waals surface area contributed by atoms with Crippen LogP contribution in [0.1, 0.15) is 39.3 Å². The van der Waals surface area contributed by atoms with Crippen LogP contribution < -0.4 is 10.2 Å². The van der Waals surface area contributed by atoms with Crippen LogP contribution in [0.4, 0.5) is 14.5 Å². The van der Waals surface area contributed by atoms with Gasteiger partial charge in [-0.3, -0.25) is 0 Å². The van der Waals surface area contributed by atoms with Crippen molar-refractivity contribution in [3.63, 3.8) is 0 Å². The topological polar surface area (TPSA) is 56.9 Å². The number of anilines is 1. The maximum Gasteiger partial charge on any atom is 0.216 e. The highest BCUT2D eigenvalue weighted by atomic mass is 127. The van der Waals surface area contributed by atoms with Gasteiger partial charge in [-0.2, -0.15) is 0 Å². The number of nitrogens with one attached hydrogen (secondary N) is 1. The van der Waals surface area contributed by atoms with Crippen LogP contribution in [0.5, 0.6) is 0 Å². The van der Waals surface area contributed by atoms with Crippen molar-refractivity contribution in [1.82, 2.24) is 15.2 Å². The van der Waals surface area contributed by atoms with Gasteiger partial charge in [0.25, 0.3) is 0 Å². The van der Waals surface area contributed by atoms with Gasteiger partial charge in [-0.15, -0.1) is 24.0 Å². The van der Waals surface area contributed by atoms with Crippen LogP contribution in [-0.2, 0) is 12.0 Å². The Bertz CT molecular complexity index is 857. The Hall–Kier alpha value is -1.91. The van der Waals surface area contributed by atoms with Gasteiger partial charge in [-0.25, -0.2) is 18.8 Å². The minimum atomic E-state index is -0.431. The first kappa shape index (κ1) is 24.4. The van der Waals surface area contributed by atoms with Gasteiger partial charge in [0.15, 0.2) is 5.96 Å². The van der Waals surface area contributed by atoms with E-state index in [4.69, 9.17) is 4.42 Å². The molecule has 0 atom stereocenters. The smallest absolute Gasteiger partial charge is 0.216 e. The van der Waals surface area contributed by atoms with E-state index in [-0.39, 0.29) is 29.4 Å². The molecule has 0 saturated carbocycles. The number of oxazole rings is 1. The predicted octanol–water partition coefficient (Wildman–Crippen LogP) is 4.16. The van der Waals surface area contributed by atoms with Gasteiger partial charge in [-0.05, 0) is 19.1 Å². The van der Waals surface area contributed by atoms with Crippen molar-refractivity contribution in [3.05, 3.63) is 47.7 Å². The minimum Gasteiger partial charge on any atom is -0.443 e. The highest BCUT2D eigenvalue weighted by Crippen LogP contribution is 2.23. The molecule has 0 aliphatic carbocycles. The molecular weight excluding hydrogens is 503 g/mol. The zero-order chi connectivity index (χ0) is 21.0. The number of halogens is 3. The third kappa shape index (κ3) is 6.05. The molecule has 1 N–H and O–H groups in total. The first-order valence-corrected chi connectivity index (χ1v) is 9.96. The summed E-state index contributed by atoms with van der Waals surface area (Å²) in [6, 6.07) is 3.56. The second-order valence-electron chi connectivity index (χ2n) is 8.11. The Kier molecular flexibility index (Phi) is 8.45. The largest absolute Gasteiger partial charge is 0.443 e. The van der Waals surface area contributed by atoms with Crippen LogP contribution >= 0.6 is 24.0 Å². The summed E-state index contributed by atoms with van der Waals surface area (Å²) in [6.45, 7) is 11.8. The lowest BCUT2D eigenvalue weighted by molar-refractivity contribution is 0.365. The number of guanidine groups is 1. The van der Waals surface area contributed by atoms with Gasteiger partial charge >= 0.3 is 0 Å². The molecule has 6 nitrogen and oxygen atoms in total. The zero-order valence-electron chi connectivity index (χ0n) is 17.9. The van der Waals surface area contributed by atoms with E-state index in [9.17, 15) is 8.78 Å². The van der Waals surface area contributed by atoms with Gasteiger partial charge < -0.3 is 19.5 Å². The lowest BCUT2D eigenvalue weighted by Gasteiger charge is -2.37. The van der Waals surface area contributed by atoms with Crippen molar-refractivity contribution in [2.24, 2.45) is 4.99 Å². The van der Waals surface area contributed by atoms with E-state index >= 15 is 0 Å². The van der Waals surface area contributed by atoms with Crippen molar-refractivity contribution in [2.45, 2.75) is 39.7 Å². The molecule has 0 unspecified atom stereocenters. The molecule has 0 bridgehead atoms. The Morgan fingerprint density at radius 2 is 1.90 bits per heavy atom. The molecule has 1 fully saturated rings. The minimum absolute atomic E-state index is 0. The molecule has 1 aliphatic rings. The maximum absolute atomic E-state index is 14.0. The van der Waals surface area contributed by atoms with E-state index in [1.54, 1.807) is 6.20 Å². The normalized spacial score (nSPS) is 15.2. The monoisotopic (exact) mass is 533 g/mol. The van der Waals surface area contributed by atoms with Crippen molar-refractivity contribution >= 4 is 35.6 Å². The summed E-state index contributed by atoms with van der Waals surface area (Å²) < 4.78 is 33.4. The van der Waals surface area contributed by atoms with Crippen LogP contribution in [0.25, 0.3) is 0 Å². The molecule has 166 valence electrons. The molecule has 9 heteroatoms. The fourth-order valence-electron chi connectivity index (χ4n) is 3.19. The Morgan fingerprint density at radius 3 is 2.50 bits per heavy atom. The summed E-state index contributed by atoms with van der Waals surface area (Å²) in [6.07, 6.45) is 1.75. The van der Waals surface area contributed by atoms with Crippen LogP contribution in [0.2, 0.25) is 0 Å². The van der Waals surface area contributed by atoms with Crippen LogP contribution in [0.3, 0.4) is 0 Å². The van der Waals surface area contributed by atoms with Crippen LogP contribution in [-0.4, -0.2) is 48.6 Å². The SMILES string of the molecule is CCNC(=NCc1ncc(C(C)(C)C)o1)N1CCN(c2cc(F)ccc2F)CC1.I. The van der Waals surface area contributed by atoms with Gasteiger partial charge in [0.2, 0.25) is 5.89 Å². The van der Waals surface area contributed by atoms with E-state index < -0.39 is 11.6 Å². The number of hydrogen-bond donors (Lipinski definition) is 1. The molecule has 30 heavy (non-hydrogen) atoms. The standard InChI is InChI=1S/C21H29F2N5O.HI/c1-5-24-20(26-14-19-25-13-18(29-19)21(2,3)4)28-10-8-27(9-11-28)17-12-15(22)6-7-16(17)23;/h6-7,12-13H,5,8-11,14H2,1-4H3,(H,24,26);1H. The lowest BCUT2D eigenvalue weighted by atomic mass is 9.94. The van der Waals surface area contributed by atoms with Crippen molar-refractivity contribution in [2.75, 3.05) is 37.6 Å². The van der Waals surface area contributed by atoms with Gasteiger partial charge in [0, 0.05) is 44.2 Å². The first-order valence-electron chi connectivity index (χ1n) is 9.96. The Labute approximate surface area is 193 Å².